The van der Waals surface area contributed by atoms with Crippen LogP contribution in [0.1, 0.15) is 25.3 Å². The minimum Gasteiger partial charge on any atom is -0.481 e. The van der Waals surface area contributed by atoms with E-state index in [0.717, 1.165) is 12.0 Å². The highest BCUT2D eigenvalue weighted by molar-refractivity contribution is 5.84. The highest BCUT2D eigenvalue weighted by Gasteiger charge is 2.42. The van der Waals surface area contributed by atoms with E-state index in [-0.39, 0.29) is 12.5 Å². The Hall–Kier alpha value is -1.88. The van der Waals surface area contributed by atoms with Crippen molar-refractivity contribution in [2.24, 2.45) is 11.1 Å². The van der Waals surface area contributed by atoms with Gasteiger partial charge in [0, 0.05) is 13.1 Å². The zero-order valence-electron chi connectivity index (χ0n) is 12.3. The van der Waals surface area contributed by atoms with Gasteiger partial charge in [0.05, 0.1) is 11.5 Å². The molecule has 1 heterocycles. The zero-order chi connectivity index (χ0) is 15.5. The van der Waals surface area contributed by atoms with Gasteiger partial charge in [-0.3, -0.25) is 9.59 Å². The maximum atomic E-state index is 12.3. The Morgan fingerprint density at radius 1 is 1.38 bits per heavy atom. The molecule has 1 amide bonds. The van der Waals surface area contributed by atoms with Crippen LogP contribution in [0.2, 0.25) is 0 Å². The molecule has 1 aliphatic heterocycles. The predicted octanol–water partition coefficient (Wildman–Crippen LogP) is 1.27. The van der Waals surface area contributed by atoms with Crippen LogP contribution in [0, 0.1) is 5.41 Å². The molecule has 1 aromatic carbocycles. The van der Waals surface area contributed by atoms with Gasteiger partial charge >= 0.3 is 5.97 Å². The number of nitrogens with zero attached hydrogens (tertiary/aromatic N) is 1. The number of carbonyl (C=O) groups is 2. The van der Waals surface area contributed by atoms with E-state index in [2.05, 4.69) is 0 Å². The number of aliphatic carboxylic acids is 1. The molecule has 0 saturated carbocycles. The van der Waals surface area contributed by atoms with Crippen molar-refractivity contribution in [3.05, 3.63) is 35.9 Å². The summed E-state index contributed by atoms with van der Waals surface area (Å²) in [6.45, 7) is 2.40. The summed E-state index contributed by atoms with van der Waals surface area (Å²) in [7, 11) is 0. The van der Waals surface area contributed by atoms with Crippen molar-refractivity contribution < 1.29 is 14.7 Å². The Morgan fingerprint density at radius 2 is 2.05 bits per heavy atom. The Bertz CT molecular complexity index is 518. The number of hydrogen-bond donors (Lipinski definition) is 2. The lowest BCUT2D eigenvalue weighted by Gasteiger charge is -2.23. The van der Waals surface area contributed by atoms with E-state index in [1.165, 1.54) is 0 Å². The Kier molecular flexibility index (Phi) is 4.63. The van der Waals surface area contributed by atoms with Crippen molar-refractivity contribution in [3.8, 4) is 0 Å². The standard InChI is InChI=1S/C16H22N2O3/c1-16(15(20)21)9-10-18(11-16)14(19)13(17)8-7-12-5-3-2-4-6-12/h2-6,13H,7-11,17H2,1H3,(H,20,21). The summed E-state index contributed by atoms with van der Waals surface area (Å²) in [6.07, 6.45) is 1.81. The smallest absolute Gasteiger partial charge is 0.311 e. The maximum absolute atomic E-state index is 12.3. The van der Waals surface area contributed by atoms with Crippen molar-refractivity contribution >= 4 is 11.9 Å². The molecule has 0 bridgehead atoms. The first kappa shape index (κ1) is 15.5. The predicted molar refractivity (Wildman–Crippen MR) is 79.7 cm³/mol. The molecule has 3 N–H and O–H groups in total. The normalized spacial score (nSPS) is 23.0. The molecule has 1 fully saturated rings. The number of benzene rings is 1. The van der Waals surface area contributed by atoms with Crippen LogP contribution in [0.5, 0.6) is 0 Å². The van der Waals surface area contributed by atoms with Gasteiger partial charge < -0.3 is 15.7 Å². The van der Waals surface area contributed by atoms with Gasteiger partial charge in [-0.25, -0.2) is 0 Å². The van der Waals surface area contributed by atoms with Crippen LogP contribution < -0.4 is 5.73 Å². The van der Waals surface area contributed by atoms with Gasteiger partial charge in [0.25, 0.3) is 0 Å². The van der Waals surface area contributed by atoms with E-state index in [1.807, 2.05) is 30.3 Å². The Labute approximate surface area is 124 Å². The van der Waals surface area contributed by atoms with Gasteiger partial charge in [0.1, 0.15) is 0 Å². The summed E-state index contributed by atoms with van der Waals surface area (Å²) in [4.78, 5) is 25.1. The van der Waals surface area contributed by atoms with E-state index in [4.69, 9.17) is 5.73 Å². The van der Waals surface area contributed by atoms with Crippen LogP contribution in [-0.4, -0.2) is 41.0 Å². The monoisotopic (exact) mass is 290 g/mol. The summed E-state index contributed by atoms with van der Waals surface area (Å²) in [6, 6.07) is 9.32. The fourth-order valence-corrected chi connectivity index (χ4v) is 2.65. The molecule has 1 aromatic rings. The zero-order valence-corrected chi connectivity index (χ0v) is 12.3. The molecule has 0 spiro atoms. The quantitative estimate of drug-likeness (QED) is 0.855. The molecule has 0 radical (unpaired) electrons. The molecule has 5 heteroatoms. The summed E-state index contributed by atoms with van der Waals surface area (Å²) in [5.74, 6) is -0.994. The van der Waals surface area contributed by atoms with Gasteiger partial charge in [0.2, 0.25) is 5.91 Å². The third kappa shape index (κ3) is 3.61. The van der Waals surface area contributed by atoms with Crippen LogP contribution in [0.3, 0.4) is 0 Å². The molecule has 2 atom stereocenters. The third-order valence-electron chi connectivity index (χ3n) is 4.21. The van der Waals surface area contributed by atoms with Crippen LogP contribution in [-0.2, 0) is 16.0 Å². The number of carboxylic acid groups (broad SMARTS) is 1. The largest absolute Gasteiger partial charge is 0.481 e. The average Bonchev–Trinajstić information content (AvgIpc) is 2.89. The fraction of sp³-hybridized carbons (Fsp3) is 0.500. The molecule has 21 heavy (non-hydrogen) atoms. The number of nitrogens with two attached hydrogens (primary N) is 1. The van der Waals surface area contributed by atoms with Gasteiger partial charge in [0.15, 0.2) is 0 Å². The molecule has 1 aliphatic rings. The second-order valence-electron chi connectivity index (χ2n) is 6.01. The molecule has 0 aliphatic carbocycles. The van der Waals surface area contributed by atoms with E-state index in [0.29, 0.717) is 19.4 Å². The molecule has 5 nitrogen and oxygen atoms in total. The van der Waals surface area contributed by atoms with E-state index >= 15 is 0 Å². The van der Waals surface area contributed by atoms with E-state index < -0.39 is 17.4 Å². The number of rotatable bonds is 5. The van der Waals surface area contributed by atoms with E-state index in [9.17, 15) is 14.7 Å². The summed E-state index contributed by atoms with van der Waals surface area (Å²) in [5, 5.41) is 9.19. The maximum Gasteiger partial charge on any atom is 0.311 e. The van der Waals surface area contributed by atoms with E-state index in [1.54, 1.807) is 11.8 Å². The minimum atomic E-state index is -0.851. The first-order valence-corrected chi connectivity index (χ1v) is 7.24. The number of hydrogen-bond acceptors (Lipinski definition) is 3. The average molecular weight is 290 g/mol. The van der Waals surface area contributed by atoms with Crippen LogP contribution in [0.4, 0.5) is 0 Å². The number of carboxylic acids is 1. The van der Waals surface area contributed by atoms with Gasteiger partial charge in [-0.15, -0.1) is 0 Å². The lowest BCUT2D eigenvalue weighted by atomic mass is 9.90. The molecular formula is C16H22N2O3. The molecule has 2 unspecified atom stereocenters. The van der Waals surface area contributed by atoms with Crippen LogP contribution >= 0.6 is 0 Å². The van der Waals surface area contributed by atoms with Crippen molar-refractivity contribution in [1.82, 2.24) is 4.90 Å². The van der Waals surface area contributed by atoms with Crippen molar-refractivity contribution in [1.29, 1.82) is 0 Å². The SMILES string of the molecule is CC1(C(=O)O)CCN(C(=O)C(N)CCc2ccccc2)C1. The van der Waals surface area contributed by atoms with Crippen molar-refractivity contribution in [3.63, 3.8) is 0 Å². The molecule has 2 rings (SSSR count). The Balaban J connectivity index is 1.87. The number of carbonyl (C=O) groups excluding carboxylic acids is 1. The fourth-order valence-electron chi connectivity index (χ4n) is 2.65. The highest BCUT2D eigenvalue weighted by atomic mass is 16.4. The number of aryl methyl sites for hydroxylation is 1. The molecule has 0 aromatic heterocycles. The second-order valence-corrected chi connectivity index (χ2v) is 6.01. The third-order valence-corrected chi connectivity index (χ3v) is 4.21. The topological polar surface area (TPSA) is 83.6 Å². The van der Waals surface area contributed by atoms with Crippen molar-refractivity contribution in [2.45, 2.75) is 32.2 Å². The first-order valence-electron chi connectivity index (χ1n) is 7.24. The molecule has 1 saturated heterocycles. The highest BCUT2D eigenvalue weighted by Crippen LogP contribution is 2.30. The van der Waals surface area contributed by atoms with Gasteiger partial charge in [-0.1, -0.05) is 30.3 Å². The lowest BCUT2D eigenvalue weighted by molar-refractivity contribution is -0.147. The molecular weight excluding hydrogens is 268 g/mol. The second kappa shape index (κ2) is 6.26. The summed E-state index contributed by atoms with van der Waals surface area (Å²) in [5.41, 5.74) is 6.28. The van der Waals surface area contributed by atoms with Crippen LogP contribution in [0.15, 0.2) is 30.3 Å². The summed E-state index contributed by atoms with van der Waals surface area (Å²) >= 11 is 0. The van der Waals surface area contributed by atoms with Gasteiger partial charge in [-0.2, -0.15) is 0 Å². The van der Waals surface area contributed by atoms with Crippen LogP contribution in [0.25, 0.3) is 0 Å². The number of amides is 1. The first-order chi connectivity index (χ1) is 9.92. The Morgan fingerprint density at radius 3 is 2.62 bits per heavy atom. The minimum absolute atomic E-state index is 0.143. The summed E-state index contributed by atoms with van der Waals surface area (Å²) < 4.78 is 0. The number of likely N-dealkylation sites (tertiary alicyclic amines) is 1. The lowest BCUT2D eigenvalue weighted by Crippen LogP contribution is -2.44. The molecule has 114 valence electrons. The van der Waals surface area contributed by atoms with Crippen molar-refractivity contribution in [2.75, 3.05) is 13.1 Å². The van der Waals surface area contributed by atoms with Gasteiger partial charge in [-0.05, 0) is 31.7 Å².